The Morgan fingerprint density at radius 3 is 2.00 bits per heavy atom. The molecule has 0 bridgehead atoms. The fourth-order valence-corrected chi connectivity index (χ4v) is 0.853. The highest BCUT2D eigenvalue weighted by Gasteiger charge is 2.02. The maximum atomic E-state index is 10.2. The van der Waals surface area contributed by atoms with Crippen molar-refractivity contribution in [3.05, 3.63) is 12.0 Å². The van der Waals surface area contributed by atoms with Crippen LogP contribution in [0.1, 0.15) is 0 Å². The van der Waals surface area contributed by atoms with Gasteiger partial charge in [-0.2, -0.15) is 0 Å². The van der Waals surface area contributed by atoms with Gasteiger partial charge in [-0.15, -0.1) is 0 Å². The van der Waals surface area contributed by atoms with Crippen molar-refractivity contribution in [2.45, 2.75) is 0 Å². The molecule has 60 valence electrons. The van der Waals surface area contributed by atoms with Crippen LogP contribution in [-0.2, 0) is 4.57 Å². The number of quaternary nitrogens is 1. The van der Waals surface area contributed by atoms with Gasteiger partial charge >= 0.3 is 0 Å². The summed E-state index contributed by atoms with van der Waals surface area (Å²) in [6.45, 7) is 0. The zero-order valence-electron chi connectivity index (χ0n) is 6.31. The number of rotatable bonds is 2. The van der Waals surface area contributed by atoms with Gasteiger partial charge in [0.05, 0.1) is 27.3 Å². The largest absolute Gasteiger partial charge is 0.775 e. The summed E-state index contributed by atoms with van der Waals surface area (Å²) >= 11 is 0. The van der Waals surface area contributed by atoms with Crippen LogP contribution >= 0.6 is 7.60 Å². The van der Waals surface area contributed by atoms with Crippen LogP contribution in [0, 0.1) is 0 Å². The Bertz CT molecular complexity index is 176. The zero-order valence-corrected chi connectivity index (χ0v) is 7.21. The normalized spacial score (nSPS) is 19.3. The second kappa shape index (κ2) is 2.84. The van der Waals surface area contributed by atoms with Gasteiger partial charge in [0.1, 0.15) is 0 Å². The van der Waals surface area contributed by atoms with Crippen molar-refractivity contribution in [2.24, 2.45) is 0 Å². The smallest absolute Gasteiger partial charge is 0.160 e. The van der Waals surface area contributed by atoms with Crippen molar-refractivity contribution in [3.63, 3.8) is 0 Å². The molecule has 0 aromatic heterocycles. The molecular formula is C5H12NO3P. The molecule has 0 saturated carbocycles. The molecular weight excluding hydrogens is 153 g/mol. The third-order valence-corrected chi connectivity index (χ3v) is 1.21. The van der Waals surface area contributed by atoms with Gasteiger partial charge in [0.15, 0.2) is 7.60 Å². The summed E-state index contributed by atoms with van der Waals surface area (Å²) in [6.07, 6.45) is 1.38. The predicted octanol–water partition coefficient (Wildman–Crippen LogP) is -0.290. The molecule has 0 spiro atoms. The summed E-state index contributed by atoms with van der Waals surface area (Å²) in [4.78, 5) is 18.4. The molecule has 0 rings (SSSR count). The first-order valence-electron chi connectivity index (χ1n) is 2.76. The molecule has 0 heterocycles. The summed E-state index contributed by atoms with van der Waals surface area (Å²) in [5, 5.41) is 0. The molecule has 0 amide bonds. The molecule has 0 radical (unpaired) electrons. The van der Waals surface area contributed by atoms with Crippen LogP contribution in [0.4, 0.5) is 0 Å². The Hall–Kier alpha value is -0.150. The van der Waals surface area contributed by atoms with E-state index < -0.39 is 7.60 Å². The highest BCUT2D eigenvalue weighted by molar-refractivity contribution is 7.53. The molecule has 0 aliphatic rings. The van der Waals surface area contributed by atoms with E-state index >= 15 is 0 Å². The number of nitrogens with zero attached hydrogens (tertiary/aromatic N) is 1. The summed E-state index contributed by atoms with van der Waals surface area (Å²) in [6, 6.07) is 0. The van der Waals surface area contributed by atoms with Crippen molar-refractivity contribution < 1.29 is 18.8 Å². The Morgan fingerprint density at radius 1 is 1.50 bits per heavy atom. The van der Waals surface area contributed by atoms with E-state index in [1.54, 1.807) is 21.1 Å². The minimum absolute atomic E-state index is 0.368. The molecule has 4 nitrogen and oxygen atoms in total. The van der Waals surface area contributed by atoms with E-state index in [0.29, 0.717) is 4.48 Å². The molecule has 1 unspecified atom stereocenters. The van der Waals surface area contributed by atoms with Crippen LogP contribution in [0.15, 0.2) is 12.0 Å². The van der Waals surface area contributed by atoms with E-state index in [1.165, 1.54) is 6.20 Å². The van der Waals surface area contributed by atoms with Crippen LogP contribution in [0.25, 0.3) is 0 Å². The lowest BCUT2D eigenvalue weighted by Gasteiger charge is -2.19. The fraction of sp³-hybridized carbons (Fsp3) is 0.600. The Balaban J connectivity index is 4.16. The molecule has 5 heteroatoms. The molecule has 0 aromatic carbocycles. The molecule has 0 saturated heterocycles. The van der Waals surface area contributed by atoms with E-state index in [9.17, 15) is 9.46 Å². The first kappa shape index (κ1) is 9.85. The lowest BCUT2D eigenvalue weighted by Crippen LogP contribution is -2.26. The summed E-state index contributed by atoms with van der Waals surface area (Å²) < 4.78 is 10.5. The molecule has 1 N–H and O–H groups in total. The van der Waals surface area contributed by atoms with Crippen molar-refractivity contribution in [1.29, 1.82) is 0 Å². The topological polar surface area (TPSA) is 60.4 Å². The van der Waals surface area contributed by atoms with Crippen molar-refractivity contribution in [3.8, 4) is 0 Å². The quantitative estimate of drug-likeness (QED) is 0.451. The number of hydrogen-bond acceptors (Lipinski definition) is 2. The zero-order chi connectivity index (χ0) is 8.41. The molecule has 0 aromatic rings. The molecule has 0 aliphatic carbocycles. The van der Waals surface area contributed by atoms with E-state index in [0.717, 1.165) is 5.82 Å². The standard InChI is InChI=1S/C5H12NO3P/c1-6(2,3)4-5-10(7,8)9/h4-5H,1-3H3,(H-,7,8,9)/b5-4+. The first-order chi connectivity index (χ1) is 4.21. The molecule has 0 fully saturated rings. The van der Waals surface area contributed by atoms with E-state index in [-0.39, 0.29) is 0 Å². The van der Waals surface area contributed by atoms with Crippen molar-refractivity contribution >= 4 is 7.60 Å². The van der Waals surface area contributed by atoms with Crippen molar-refractivity contribution in [1.82, 2.24) is 0 Å². The number of hydrogen-bond donors (Lipinski definition) is 1. The van der Waals surface area contributed by atoms with Crippen molar-refractivity contribution in [2.75, 3.05) is 21.1 Å². The van der Waals surface area contributed by atoms with Gasteiger partial charge in [-0.1, -0.05) is 0 Å². The molecule has 1 atom stereocenters. The van der Waals surface area contributed by atoms with Crippen LogP contribution in [-0.4, -0.2) is 30.5 Å². The maximum absolute atomic E-state index is 10.2. The summed E-state index contributed by atoms with van der Waals surface area (Å²) in [5.74, 6) is 0.799. The lowest BCUT2D eigenvalue weighted by molar-refractivity contribution is -0.817. The third kappa shape index (κ3) is 7.85. The van der Waals surface area contributed by atoms with Crippen LogP contribution in [0.3, 0.4) is 0 Å². The third-order valence-electron chi connectivity index (χ3n) is 0.702. The van der Waals surface area contributed by atoms with Gasteiger partial charge in [-0.3, -0.25) is 0 Å². The average molecular weight is 165 g/mol. The minimum atomic E-state index is -4.21. The van der Waals surface area contributed by atoms with Gasteiger partial charge < -0.3 is 18.8 Å². The fourth-order valence-electron chi connectivity index (χ4n) is 0.284. The maximum Gasteiger partial charge on any atom is 0.160 e. The Labute approximate surface area is 60.5 Å². The van der Waals surface area contributed by atoms with Gasteiger partial charge in [0, 0.05) is 5.82 Å². The van der Waals surface area contributed by atoms with Gasteiger partial charge in [-0.25, -0.2) is 0 Å². The first-order valence-corrected chi connectivity index (χ1v) is 4.40. The predicted molar refractivity (Wildman–Crippen MR) is 37.0 cm³/mol. The van der Waals surface area contributed by atoms with Crippen LogP contribution in [0.2, 0.25) is 0 Å². The Kier molecular flexibility index (Phi) is 2.80. The summed E-state index contributed by atoms with van der Waals surface area (Å²) in [7, 11) is 1.14. The van der Waals surface area contributed by atoms with Crippen LogP contribution < -0.4 is 4.89 Å². The van der Waals surface area contributed by atoms with Gasteiger partial charge in [0.2, 0.25) is 0 Å². The SMILES string of the molecule is C[N+](C)(C)/C=C/P(=O)([O-])O. The second-order valence-electron chi connectivity index (χ2n) is 2.98. The molecule has 10 heavy (non-hydrogen) atoms. The minimum Gasteiger partial charge on any atom is -0.775 e. The van der Waals surface area contributed by atoms with E-state index in [2.05, 4.69) is 0 Å². The van der Waals surface area contributed by atoms with Gasteiger partial charge in [0.25, 0.3) is 0 Å². The molecule has 0 aliphatic heterocycles. The summed E-state index contributed by atoms with van der Waals surface area (Å²) in [5.41, 5.74) is 0. The highest BCUT2D eigenvalue weighted by Crippen LogP contribution is 2.30. The van der Waals surface area contributed by atoms with E-state index in [4.69, 9.17) is 4.89 Å². The second-order valence-corrected chi connectivity index (χ2v) is 4.40. The van der Waals surface area contributed by atoms with Gasteiger partial charge in [-0.05, 0) is 0 Å². The highest BCUT2D eigenvalue weighted by atomic mass is 31.2. The average Bonchev–Trinajstić information content (AvgIpc) is 1.57. The van der Waals surface area contributed by atoms with Crippen LogP contribution in [0.5, 0.6) is 0 Å². The monoisotopic (exact) mass is 165 g/mol. The lowest BCUT2D eigenvalue weighted by atomic mass is 10.7. The van der Waals surface area contributed by atoms with E-state index in [1.807, 2.05) is 0 Å². The Morgan fingerprint density at radius 2 is 1.90 bits per heavy atom.